The molecule has 0 spiro atoms. The molecule has 0 bridgehead atoms. The minimum Gasteiger partial charge on any atom is -0.481 e. The number of hydrogen-bond donors (Lipinski definition) is 2. The molecule has 0 fully saturated rings. The van der Waals surface area contributed by atoms with Crippen LogP contribution in [-0.4, -0.2) is 16.2 Å². The summed E-state index contributed by atoms with van der Waals surface area (Å²) < 4.78 is 0.889. The molecule has 0 radical (unpaired) electrons. The maximum absolute atomic E-state index is 10.4. The second kappa shape index (κ2) is 5.12. The summed E-state index contributed by atoms with van der Waals surface area (Å²) in [6.07, 6.45) is 0.549. The summed E-state index contributed by atoms with van der Waals surface area (Å²) in [6, 6.07) is 5.48. The minimum absolute atomic E-state index is 0.0611. The fourth-order valence-corrected chi connectivity index (χ4v) is 1.64. The maximum Gasteiger partial charge on any atom is 0.303 e. The number of benzene rings is 1. The number of aryl methyl sites for hydroxylation is 1. The second-order valence-electron chi connectivity index (χ2n) is 2.96. The normalized spacial score (nSPS) is 10.1. The van der Waals surface area contributed by atoms with E-state index in [1.807, 2.05) is 12.1 Å². The predicted molar refractivity (Wildman–Crippen MR) is 56.0 cm³/mol. The van der Waals surface area contributed by atoms with Crippen LogP contribution in [0.15, 0.2) is 22.7 Å². The van der Waals surface area contributed by atoms with Gasteiger partial charge in [0, 0.05) is 10.9 Å². The third kappa shape index (κ3) is 3.12. The number of carboxylic acids is 1. The molecular formula is C10H11BrO3. The molecule has 76 valence electrons. The summed E-state index contributed by atoms with van der Waals surface area (Å²) in [5.74, 6) is -0.822. The van der Waals surface area contributed by atoms with E-state index in [-0.39, 0.29) is 13.0 Å². The lowest BCUT2D eigenvalue weighted by Gasteiger charge is -2.06. The quantitative estimate of drug-likeness (QED) is 0.868. The van der Waals surface area contributed by atoms with Crippen LogP contribution in [0.5, 0.6) is 0 Å². The first kappa shape index (κ1) is 11.2. The van der Waals surface area contributed by atoms with Gasteiger partial charge in [0.1, 0.15) is 0 Å². The molecule has 0 aliphatic carbocycles. The van der Waals surface area contributed by atoms with Gasteiger partial charge in [0.2, 0.25) is 0 Å². The van der Waals surface area contributed by atoms with Crippen LogP contribution >= 0.6 is 15.9 Å². The molecule has 0 atom stereocenters. The van der Waals surface area contributed by atoms with E-state index in [4.69, 9.17) is 10.2 Å². The van der Waals surface area contributed by atoms with Gasteiger partial charge in [-0.2, -0.15) is 0 Å². The molecule has 1 aromatic rings. The van der Waals surface area contributed by atoms with Crippen molar-refractivity contribution in [2.24, 2.45) is 0 Å². The van der Waals surface area contributed by atoms with Crippen LogP contribution < -0.4 is 0 Å². The van der Waals surface area contributed by atoms with E-state index in [1.54, 1.807) is 6.07 Å². The summed E-state index contributed by atoms with van der Waals surface area (Å²) in [7, 11) is 0. The molecule has 1 rings (SSSR count). The van der Waals surface area contributed by atoms with Crippen molar-refractivity contribution in [2.75, 3.05) is 0 Å². The van der Waals surface area contributed by atoms with Gasteiger partial charge in [-0.15, -0.1) is 0 Å². The van der Waals surface area contributed by atoms with Crippen LogP contribution in [0.25, 0.3) is 0 Å². The van der Waals surface area contributed by atoms with Gasteiger partial charge in [-0.25, -0.2) is 0 Å². The van der Waals surface area contributed by atoms with E-state index in [1.165, 1.54) is 0 Å². The van der Waals surface area contributed by atoms with E-state index in [9.17, 15) is 4.79 Å². The number of aliphatic hydroxyl groups excluding tert-OH is 1. The van der Waals surface area contributed by atoms with E-state index in [2.05, 4.69) is 15.9 Å². The monoisotopic (exact) mass is 258 g/mol. The van der Waals surface area contributed by atoms with Gasteiger partial charge in [-0.3, -0.25) is 4.79 Å². The van der Waals surface area contributed by atoms with Gasteiger partial charge in [0.25, 0.3) is 0 Å². The molecule has 0 saturated heterocycles. The van der Waals surface area contributed by atoms with Crippen molar-refractivity contribution in [1.82, 2.24) is 0 Å². The summed E-state index contributed by atoms with van der Waals surface area (Å²) >= 11 is 3.29. The van der Waals surface area contributed by atoms with Crippen molar-refractivity contribution >= 4 is 21.9 Å². The first-order valence-corrected chi connectivity index (χ1v) is 5.02. The van der Waals surface area contributed by atoms with E-state index in [0.29, 0.717) is 6.42 Å². The summed E-state index contributed by atoms with van der Waals surface area (Å²) in [6.45, 7) is -0.0611. The van der Waals surface area contributed by atoms with Gasteiger partial charge in [-0.1, -0.05) is 22.0 Å². The fraction of sp³-hybridized carbons (Fsp3) is 0.300. The number of hydrogen-bond acceptors (Lipinski definition) is 2. The summed E-state index contributed by atoms with van der Waals surface area (Å²) in [5, 5.41) is 17.6. The lowest BCUT2D eigenvalue weighted by molar-refractivity contribution is -0.136. The highest BCUT2D eigenvalue weighted by molar-refractivity contribution is 9.10. The Morgan fingerprint density at radius 2 is 2.07 bits per heavy atom. The molecule has 2 N–H and O–H groups in total. The van der Waals surface area contributed by atoms with Crippen LogP contribution in [-0.2, 0) is 17.8 Å². The van der Waals surface area contributed by atoms with E-state index >= 15 is 0 Å². The van der Waals surface area contributed by atoms with Gasteiger partial charge in [0.15, 0.2) is 0 Å². The average molecular weight is 259 g/mol. The second-order valence-corrected chi connectivity index (χ2v) is 3.88. The molecule has 0 heterocycles. The third-order valence-electron chi connectivity index (χ3n) is 1.95. The van der Waals surface area contributed by atoms with Gasteiger partial charge in [0.05, 0.1) is 6.61 Å². The average Bonchev–Trinajstić information content (AvgIpc) is 2.15. The molecule has 4 heteroatoms. The molecular weight excluding hydrogens is 248 g/mol. The molecule has 3 nitrogen and oxygen atoms in total. The fourth-order valence-electron chi connectivity index (χ4n) is 1.23. The van der Waals surface area contributed by atoms with Crippen LogP contribution in [0.4, 0.5) is 0 Å². The molecule has 0 aliphatic rings. The maximum atomic E-state index is 10.4. The number of rotatable bonds is 4. The standard InChI is InChI=1S/C10H11BrO3/c11-9-3-1-7(2-4-10(13)14)8(5-9)6-12/h1,3,5,12H,2,4,6H2,(H,13,14). The molecule has 0 aromatic heterocycles. The van der Waals surface area contributed by atoms with Gasteiger partial charge in [-0.05, 0) is 29.7 Å². The Bertz CT molecular complexity index is 336. The van der Waals surface area contributed by atoms with Crippen molar-refractivity contribution < 1.29 is 15.0 Å². The summed E-state index contributed by atoms with van der Waals surface area (Å²) in [4.78, 5) is 10.4. The molecule has 0 unspecified atom stereocenters. The highest BCUT2D eigenvalue weighted by atomic mass is 79.9. The first-order chi connectivity index (χ1) is 6.63. The lowest BCUT2D eigenvalue weighted by Crippen LogP contribution is -2.00. The Balaban J connectivity index is 2.80. The Labute approximate surface area is 90.5 Å². The number of aliphatic hydroxyl groups is 1. The largest absolute Gasteiger partial charge is 0.481 e. The highest BCUT2D eigenvalue weighted by Crippen LogP contribution is 2.18. The zero-order chi connectivity index (χ0) is 10.6. The van der Waals surface area contributed by atoms with Crippen LogP contribution in [0.3, 0.4) is 0 Å². The number of halogens is 1. The first-order valence-electron chi connectivity index (χ1n) is 4.23. The Kier molecular flexibility index (Phi) is 4.10. The molecule has 0 saturated carbocycles. The smallest absolute Gasteiger partial charge is 0.303 e. The SMILES string of the molecule is O=C(O)CCc1ccc(Br)cc1CO. The lowest BCUT2D eigenvalue weighted by atomic mass is 10.0. The Morgan fingerprint density at radius 3 is 2.64 bits per heavy atom. The van der Waals surface area contributed by atoms with Crippen molar-refractivity contribution in [3.8, 4) is 0 Å². The Hall–Kier alpha value is -0.870. The van der Waals surface area contributed by atoms with Crippen LogP contribution in [0.2, 0.25) is 0 Å². The van der Waals surface area contributed by atoms with Crippen molar-refractivity contribution in [2.45, 2.75) is 19.4 Å². The van der Waals surface area contributed by atoms with Crippen molar-refractivity contribution in [1.29, 1.82) is 0 Å². The number of carbonyl (C=O) groups is 1. The van der Waals surface area contributed by atoms with Gasteiger partial charge < -0.3 is 10.2 Å². The summed E-state index contributed by atoms with van der Waals surface area (Å²) in [5.41, 5.74) is 1.67. The van der Waals surface area contributed by atoms with Crippen LogP contribution in [0.1, 0.15) is 17.5 Å². The number of aliphatic carboxylic acids is 1. The minimum atomic E-state index is -0.822. The zero-order valence-corrected chi connectivity index (χ0v) is 9.12. The molecule has 1 aromatic carbocycles. The van der Waals surface area contributed by atoms with Crippen molar-refractivity contribution in [3.63, 3.8) is 0 Å². The molecule has 0 aliphatic heterocycles. The van der Waals surface area contributed by atoms with E-state index < -0.39 is 5.97 Å². The highest BCUT2D eigenvalue weighted by Gasteiger charge is 2.04. The van der Waals surface area contributed by atoms with Gasteiger partial charge >= 0.3 is 5.97 Å². The molecule has 0 amide bonds. The third-order valence-corrected chi connectivity index (χ3v) is 2.44. The number of carboxylic acid groups (broad SMARTS) is 1. The van der Waals surface area contributed by atoms with Crippen molar-refractivity contribution in [3.05, 3.63) is 33.8 Å². The van der Waals surface area contributed by atoms with Crippen LogP contribution in [0, 0.1) is 0 Å². The van der Waals surface area contributed by atoms with E-state index in [0.717, 1.165) is 15.6 Å². The Morgan fingerprint density at radius 1 is 1.36 bits per heavy atom. The molecule has 14 heavy (non-hydrogen) atoms. The zero-order valence-electron chi connectivity index (χ0n) is 7.53. The topological polar surface area (TPSA) is 57.5 Å². The predicted octanol–water partition coefficient (Wildman–Crippen LogP) is 1.96.